The van der Waals surface area contributed by atoms with Crippen molar-refractivity contribution in [3.05, 3.63) is 18.1 Å². The third-order valence-corrected chi connectivity index (χ3v) is 3.29. The van der Waals surface area contributed by atoms with Crippen molar-refractivity contribution in [1.29, 1.82) is 0 Å². The number of nitrogens with one attached hydrogen (secondary N) is 1. The Morgan fingerprint density at radius 3 is 2.67 bits per heavy atom. The number of hydrogen-bond acceptors (Lipinski definition) is 5. The van der Waals surface area contributed by atoms with E-state index in [-0.39, 0.29) is 12.5 Å². The molecular weight excluding hydrogens is 232 g/mol. The Hall–Kier alpha value is -1.69. The van der Waals surface area contributed by atoms with Gasteiger partial charge in [-0.05, 0) is 18.8 Å². The predicted molar refractivity (Wildman–Crippen MR) is 67.3 cm³/mol. The summed E-state index contributed by atoms with van der Waals surface area (Å²) < 4.78 is 0. The normalized spacial score (nSPS) is 16.7. The number of piperidine rings is 1. The fourth-order valence-electron chi connectivity index (χ4n) is 2.05. The van der Waals surface area contributed by atoms with Gasteiger partial charge in [-0.25, -0.2) is 9.97 Å². The van der Waals surface area contributed by atoms with E-state index in [4.69, 9.17) is 5.11 Å². The average molecular weight is 250 g/mol. The van der Waals surface area contributed by atoms with E-state index >= 15 is 0 Å². The topological polar surface area (TPSA) is 78.4 Å². The van der Waals surface area contributed by atoms with E-state index in [1.54, 1.807) is 18.1 Å². The standard InChI is InChI=1S/C12H18N4O2/c1-13-11-7-14-10(6-15-11)12(18)16-4-2-9(8-17)3-5-16/h6-7,9,17H,2-5,8H2,1H3,(H,13,15). The van der Waals surface area contributed by atoms with Gasteiger partial charge >= 0.3 is 0 Å². The number of likely N-dealkylation sites (tertiary alicyclic amines) is 1. The number of carbonyl (C=O) groups is 1. The molecule has 1 amide bonds. The summed E-state index contributed by atoms with van der Waals surface area (Å²) in [5, 5.41) is 11.9. The van der Waals surface area contributed by atoms with E-state index in [9.17, 15) is 4.79 Å². The van der Waals surface area contributed by atoms with Gasteiger partial charge in [0.05, 0.1) is 12.4 Å². The van der Waals surface area contributed by atoms with Crippen LogP contribution in [0, 0.1) is 5.92 Å². The fraction of sp³-hybridized carbons (Fsp3) is 0.583. The molecule has 6 nitrogen and oxygen atoms in total. The summed E-state index contributed by atoms with van der Waals surface area (Å²) in [4.78, 5) is 22.1. The highest BCUT2D eigenvalue weighted by Crippen LogP contribution is 2.17. The van der Waals surface area contributed by atoms with Gasteiger partial charge in [-0.1, -0.05) is 0 Å². The SMILES string of the molecule is CNc1cnc(C(=O)N2CCC(CO)CC2)cn1. The summed E-state index contributed by atoms with van der Waals surface area (Å²) in [6, 6.07) is 0. The van der Waals surface area contributed by atoms with Crippen LogP contribution in [0.25, 0.3) is 0 Å². The molecule has 1 aromatic rings. The molecule has 0 spiro atoms. The molecule has 18 heavy (non-hydrogen) atoms. The van der Waals surface area contributed by atoms with Gasteiger partial charge in [0.2, 0.25) is 0 Å². The number of nitrogens with zero attached hydrogens (tertiary/aromatic N) is 3. The van der Waals surface area contributed by atoms with Crippen LogP contribution < -0.4 is 5.32 Å². The molecule has 0 unspecified atom stereocenters. The van der Waals surface area contributed by atoms with Gasteiger partial charge in [0.1, 0.15) is 11.5 Å². The van der Waals surface area contributed by atoms with E-state index in [0.717, 1.165) is 12.8 Å². The molecule has 0 atom stereocenters. The van der Waals surface area contributed by atoms with Gasteiger partial charge in [-0.2, -0.15) is 0 Å². The second-order valence-electron chi connectivity index (χ2n) is 4.46. The Morgan fingerprint density at radius 2 is 2.17 bits per heavy atom. The number of amides is 1. The molecule has 2 heterocycles. The van der Waals surface area contributed by atoms with Crippen LogP contribution >= 0.6 is 0 Å². The first-order valence-corrected chi connectivity index (χ1v) is 6.14. The predicted octanol–water partition coefficient (Wildman–Crippen LogP) is 0.363. The van der Waals surface area contributed by atoms with Crippen LogP contribution in [0.4, 0.5) is 5.82 Å². The molecule has 6 heteroatoms. The summed E-state index contributed by atoms with van der Waals surface area (Å²) in [6.07, 6.45) is 4.74. The summed E-state index contributed by atoms with van der Waals surface area (Å²) >= 11 is 0. The minimum Gasteiger partial charge on any atom is -0.396 e. The molecule has 2 rings (SSSR count). The van der Waals surface area contributed by atoms with Crippen LogP contribution in [0.2, 0.25) is 0 Å². The highest BCUT2D eigenvalue weighted by molar-refractivity contribution is 5.92. The van der Waals surface area contributed by atoms with Gasteiger partial charge < -0.3 is 15.3 Å². The van der Waals surface area contributed by atoms with E-state index in [0.29, 0.717) is 30.5 Å². The molecule has 1 aliphatic rings. The van der Waals surface area contributed by atoms with Gasteiger partial charge in [0, 0.05) is 26.7 Å². The summed E-state index contributed by atoms with van der Waals surface area (Å²) in [5.41, 5.74) is 0.372. The van der Waals surface area contributed by atoms with Crippen LogP contribution in [0.1, 0.15) is 23.3 Å². The van der Waals surface area contributed by atoms with Crippen molar-refractivity contribution >= 4 is 11.7 Å². The van der Waals surface area contributed by atoms with E-state index < -0.39 is 0 Å². The van der Waals surface area contributed by atoms with Crippen molar-refractivity contribution < 1.29 is 9.90 Å². The third kappa shape index (κ3) is 2.76. The zero-order chi connectivity index (χ0) is 13.0. The summed E-state index contributed by atoms with van der Waals surface area (Å²) in [7, 11) is 1.76. The third-order valence-electron chi connectivity index (χ3n) is 3.29. The zero-order valence-electron chi connectivity index (χ0n) is 10.5. The number of aliphatic hydroxyl groups excluding tert-OH is 1. The Morgan fingerprint density at radius 1 is 1.44 bits per heavy atom. The lowest BCUT2D eigenvalue weighted by atomic mass is 9.98. The first-order chi connectivity index (χ1) is 8.74. The average Bonchev–Trinajstić information content (AvgIpc) is 2.47. The fourth-order valence-corrected chi connectivity index (χ4v) is 2.05. The molecule has 0 radical (unpaired) electrons. The largest absolute Gasteiger partial charge is 0.396 e. The first kappa shape index (κ1) is 12.8. The van der Waals surface area contributed by atoms with E-state index in [1.807, 2.05) is 0 Å². The lowest BCUT2D eigenvalue weighted by Crippen LogP contribution is -2.39. The smallest absolute Gasteiger partial charge is 0.274 e. The van der Waals surface area contributed by atoms with Crippen LogP contribution in [0.5, 0.6) is 0 Å². The number of hydrogen-bond donors (Lipinski definition) is 2. The maximum absolute atomic E-state index is 12.1. The van der Waals surface area contributed by atoms with Crippen LogP contribution in [0.15, 0.2) is 12.4 Å². The van der Waals surface area contributed by atoms with Crippen LogP contribution in [0.3, 0.4) is 0 Å². The molecule has 2 N–H and O–H groups in total. The lowest BCUT2D eigenvalue weighted by molar-refractivity contribution is 0.0644. The number of aromatic nitrogens is 2. The molecule has 98 valence electrons. The van der Waals surface area contributed by atoms with E-state index in [2.05, 4.69) is 15.3 Å². The molecule has 1 aliphatic heterocycles. The molecule has 0 saturated carbocycles. The number of anilines is 1. The second kappa shape index (κ2) is 5.77. The summed E-state index contributed by atoms with van der Waals surface area (Å²) in [5.74, 6) is 0.888. The van der Waals surface area contributed by atoms with Crippen molar-refractivity contribution in [2.45, 2.75) is 12.8 Å². The first-order valence-electron chi connectivity index (χ1n) is 6.14. The van der Waals surface area contributed by atoms with Crippen molar-refractivity contribution in [1.82, 2.24) is 14.9 Å². The minimum absolute atomic E-state index is 0.0819. The highest BCUT2D eigenvalue weighted by atomic mass is 16.3. The quantitative estimate of drug-likeness (QED) is 0.810. The molecule has 0 aromatic carbocycles. The number of aliphatic hydroxyl groups is 1. The Bertz CT molecular complexity index is 399. The van der Waals surface area contributed by atoms with Crippen molar-refractivity contribution in [3.8, 4) is 0 Å². The number of carbonyl (C=O) groups excluding carboxylic acids is 1. The summed E-state index contributed by atoms with van der Waals surface area (Å²) in [6.45, 7) is 1.57. The van der Waals surface area contributed by atoms with Gasteiger partial charge in [0.15, 0.2) is 0 Å². The molecule has 0 bridgehead atoms. The minimum atomic E-state index is -0.0819. The molecule has 1 aromatic heterocycles. The van der Waals surface area contributed by atoms with Gasteiger partial charge in [-0.3, -0.25) is 4.79 Å². The maximum Gasteiger partial charge on any atom is 0.274 e. The van der Waals surface area contributed by atoms with Gasteiger partial charge in [0.25, 0.3) is 5.91 Å². The Labute approximate surface area is 106 Å². The van der Waals surface area contributed by atoms with Crippen LogP contribution in [-0.2, 0) is 0 Å². The highest BCUT2D eigenvalue weighted by Gasteiger charge is 2.23. The molecule has 1 fully saturated rings. The molecule has 1 saturated heterocycles. The Balaban J connectivity index is 1.98. The zero-order valence-corrected chi connectivity index (χ0v) is 10.5. The molecular formula is C12H18N4O2. The lowest BCUT2D eigenvalue weighted by Gasteiger charge is -2.30. The monoisotopic (exact) mass is 250 g/mol. The van der Waals surface area contributed by atoms with Crippen LogP contribution in [-0.4, -0.2) is 52.6 Å². The van der Waals surface area contributed by atoms with Gasteiger partial charge in [-0.15, -0.1) is 0 Å². The number of rotatable bonds is 3. The van der Waals surface area contributed by atoms with E-state index in [1.165, 1.54) is 6.20 Å². The second-order valence-corrected chi connectivity index (χ2v) is 4.46. The molecule has 0 aliphatic carbocycles. The van der Waals surface area contributed by atoms with Crippen molar-refractivity contribution in [3.63, 3.8) is 0 Å². The van der Waals surface area contributed by atoms with Crippen molar-refractivity contribution in [2.75, 3.05) is 32.1 Å². The Kier molecular flexibility index (Phi) is 4.09. The van der Waals surface area contributed by atoms with Crippen molar-refractivity contribution in [2.24, 2.45) is 5.92 Å². The maximum atomic E-state index is 12.1.